The van der Waals surface area contributed by atoms with Gasteiger partial charge in [0.1, 0.15) is 5.82 Å². The third-order valence-electron chi connectivity index (χ3n) is 6.04. The first kappa shape index (κ1) is 22.0. The van der Waals surface area contributed by atoms with Gasteiger partial charge in [-0.3, -0.25) is 9.78 Å². The Morgan fingerprint density at radius 1 is 1.22 bits per heavy atom. The number of carbonyl (C=O) groups is 1. The number of aryl methyl sites for hydroxylation is 1. The Morgan fingerprint density at radius 3 is 2.59 bits per heavy atom. The molecule has 2 aromatic heterocycles. The van der Waals surface area contributed by atoms with Gasteiger partial charge in [0.2, 0.25) is 5.91 Å². The Balaban J connectivity index is 1.57. The normalized spacial score (nSPS) is 18.0. The number of anilines is 1. The van der Waals surface area contributed by atoms with E-state index in [0.717, 1.165) is 22.6 Å². The predicted molar refractivity (Wildman–Crippen MR) is 127 cm³/mol. The van der Waals surface area contributed by atoms with E-state index in [9.17, 15) is 9.18 Å². The lowest BCUT2D eigenvalue weighted by Crippen LogP contribution is -2.32. The fraction of sp³-hybridized carbons (Fsp3) is 0.292. The highest BCUT2D eigenvalue weighted by atomic mass is 32.1. The molecule has 8 heteroatoms. The maximum Gasteiger partial charge on any atom is 0.226 e. The standard InChI is InChI=1S/C24H26FN5OS/c1-15-14-19(16(2)29(15)3)23-22(20-6-4-5-12-26-20)28-24(32)30(23)13-11-21(31)27-18-9-7-17(25)8-10-18/h4-10,12,14,22-23H,11,13H2,1-3H3,(H,27,31)(H,28,32)/t22-,23+/m1/s1. The molecule has 0 aliphatic carbocycles. The molecular weight excluding hydrogens is 425 g/mol. The van der Waals surface area contributed by atoms with Gasteiger partial charge in [-0.05, 0) is 74.1 Å². The van der Waals surface area contributed by atoms with Crippen molar-refractivity contribution in [3.05, 3.63) is 83.2 Å². The third kappa shape index (κ3) is 4.36. The van der Waals surface area contributed by atoms with Gasteiger partial charge in [-0.25, -0.2) is 4.39 Å². The number of benzene rings is 1. The van der Waals surface area contributed by atoms with Crippen molar-refractivity contribution >= 4 is 28.9 Å². The number of hydrogen-bond acceptors (Lipinski definition) is 3. The van der Waals surface area contributed by atoms with Crippen molar-refractivity contribution in [2.24, 2.45) is 7.05 Å². The molecule has 6 nitrogen and oxygen atoms in total. The van der Waals surface area contributed by atoms with E-state index in [0.29, 0.717) is 17.3 Å². The maximum atomic E-state index is 13.1. The van der Waals surface area contributed by atoms with E-state index >= 15 is 0 Å². The topological polar surface area (TPSA) is 62.2 Å². The van der Waals surface area contributed by atoms with Gasteiger partial charge in [0.15, 0.2) is 5.11 Å². The molecule has 2 N–H and O–H groups in total. The van der Waals surface area contributed by atoms with Gasteiger partial charge in [0.25, 0.3) is 0 Å². The van der Waals surface area contributed by atoms with Crippen LogP contribution in [0.5, 0.6) is 0 Å². The molecule has 4 rings (SSSR count). The number of amides is 1. The van der Waals surface area contributed by atoms with Crippen molar-refractivity contribution in [3.8, 4) is 0 Å². The molecule has 0 saturated carbocycles. The first-order valence-corrected chi connectivity index (χ1v) is 10.9. The molecule has 2 atom stereocenters. The molecule has 3 aromatic rings. The summed E-state index contributed by atoms with van der Waals surface area (Å²) in [5.74, 6) is -0.492. The minimum absolute atomic E-state index is 0.0871. The number of aromatic nitrogens is 2. The number of hydrogen-bond donors (Lipinski definition) is 2. The van der Waals surface area contributed by atoms with Crippen LogP contribution in [0.2, 0.25) is 0 Å². The summed E-state index contributed by atoms with van der Waals surface area (Å²) >= 11 is 5.68. The van der Waals surface area contributed by atoms with Crippen LogP contribution in [-0.2, 0) is 11.8 Å². The number of nitrogens with zero attached hydrogens (tertiary/aromatic N) is 3. The number of thiocarbonyl (C=S) groups is 1. The van der Waals surface area contributed by atoms with Gasteiger partial charge in [0.05, 0.1) is 17.8 Å². The average Bonchev–Trinajstić information content (AvgIpc) is 3.25. The SMILES string of the molecule is Cc1cc([C@H]2[C@@H](c3ccccn3)NC(=S)N2CCC(=O)Nc2ccc(F)cc2)c(C)n1C. The minimum atomic E-state index is -0.339. The van der Waals surface area contributed by atoms with Crippen LogP contribution in [-0.4, -0.2) is 32.0 Å². The molecule has 1 saturated heterocycles. The van der Waals surface area contributed by atoms with Gasteiger partial charge < -0.3 is 20.1 Å². The van der Waals surface area contributed by atoms with Crippen LogP contribution >= 0.6 is 12.2 Å². The predicted octanol–water partition coefficient (Wildman–Crippen LogP) is 4.18. The average molecular weight is 452 g/mol. The van der Waals surface area contributed by atoms with Crippen LogP contribution in [0.1, 0.15) is 41.1 Å². The zero-order valence-corrected chi connectivity index (χ0v) is 19.1. The maximum absolute atomic E-state index is 13.1. The van der Waals surface area contributed by atoms with Crippen LogP contribution in [0.15, 0.2) is 54.7 Å². The second kappa shape index (κ2) is 9.08. The summed E-state index contributed by atoms with van der Waals surface area (Å²) in [5, 5.41) is 6.83. The molecule has 166 valence electrons. The summed E-state index contributed by atoms with van der Waals surface area (Å²) < 4.78 is 15.3. The van der Waals surface area contributed by atoms with Crippen molar-refractivity contribution in [2.75, 3.05) is 11.9 Å². The number of pyridine rings is 1. The van der Waals surface area contributed by atoms with E-state index < -0.39 is 0 Å². The Hall–Kier alpha value is -3.26. The molecule has 1 fully saturated rings. The Kier molecular flexibility index (Phi) is 6.23. The van der Waals surface area contributed by atoms with Crippen LogP contribution in [0.3, 0.4) is 0 Å². The van der Waals surface area contributed by atoms with Crippen LogP contribution < -0.4 is 10.6 Å². The fourth-order valence-corrected chi connectivity index (χ4v) is 4.48. The van der Waals surface area contributed by atoms with Gasteiger partial charge in [-0.2, -0.15) is 0 Å². The quantitative estimate of drug-likeness (QED) is 0.551. The second-order valence-electron chi connectivity index (χ2n) is 8.01. The summed E-state index contributed by atoms with van der Waals surface area (Å²) in [7, 11) is 2.05. The molecule has 0 unspecified atom stereocenters. The Morgan fingerprint density at radius 2 is 1.97 bits per heavy atom. The van der Waals surface area contributed by atoms with Crippen molar-refractivity contribution in [1.82, 2.24) is 19.8 Å². The highest BCUT2D eigenvalue weighted by Gasteiger charge is 2.41. The van der Waals surface area contributed by atoms with Crippen molar-refractivity contribution in [2.45, 2.75) is 32.4 Å². The van der Waals surface area contributed by atoms with E-state index in [1.807, 2.05) is 25.2 Å². The summed E-state index contributed by atoms with van der Waals surface area (Å²) in [5.41, 5.74) is 4.94. The molecule has 32 heavy (non-hydrogen) atoms. The van der Waals surface area contributed by atoms with Gasteiger partial charge in [0, 0.05) is 43.3 Å². The van der Waals surface area contributed by atoms with Crippen molar-refractivity contribution < 1.29 is 9.18 Å². The van der Waals surface area contributed by atoms with Gasteiger partial charge in [-0.15, -0.1) is 0 Å². The van der Waals surface area contributed by atoms with Gasteiger partial charge in [-0.1, -0.05) is 6.07 Å². The smallest absolute Gasteiger partial charge is 0.226 e. The summed E-state index contributed by atoms with van der Waals surface area (Å²) in [6.45, 7) is 4.62. The monoisotopic (exact) mass is 451 g/mol. The molecular formula is C24H26FN5OS. The highest BCUT2D eigenvalue weighted by molar-refractivity contribution is 7.80. The molecule has 1 aliphatic heterocycles. The van der Waals surface area contributed by atoms with E-state index in [1.165, 1.54) is 12.1 Å². The third-order valence-corrected chi connectivity index (χ3v) is 6.39. The van der Waals surface area contributed by atoms with Crippen molar-refractivity contribution in [3.63, 3.8) is 0 Å². The lowest BCUT2D eigenvalue weighted by Gasteiger charge is -2.28. The first-order chi connectivity index (χ1) is 15.3. The lowest BCUT2D eigenvalue weighted by molar-refractivity contribution is -0.116. The van der Waals surface area contributed by atoms with Crippen LogP contribution in [0.4, 0.5) is 10.1 Å². The van der Waals surface area contributed by atoms with Crippen LogP contribution in [0, 0.1) is 19.7 Å². The number of nitrogens with one attached hydrogen (secondary N) is 2. The highest BCUT2D eigenvalue weighted by Crippen LogP contribution is 2.40. The molecule has 0 spiro atoms. The minimum Gasteiger partial charge on any atom is -0.352 e. The van der Waals surface area contributed by atoms with E-state index in [1.54, 1.807) is 18.3 Å². The second-order valence-corrected chi connectivity index (χ2v) is 8.40. The molecule has 1 aromatic carbocycles. The lowest BCUT2D eigenvalue weighted by atomic mass is 9.96. The van der Waals surface area contributed by atoms with Crippen LogP contribution in [0.25, 0.3) is 0 Å². The molecule has 1 amide bonds. The largest absolute Gasteiger partial charge is 0.352 e. The molecule has 0 radical (unpaired) electrons. The molecule has 1 aliphatic rings. The van der Waals surface area contributed by atoms with E-state index in [4.69, 9.17) is 12.2 Å². The van der Waals surface area contributed by atoms with E-state index in [2.05, 4.69) is 45.0 Å². The van der Waals surface area contributed by atoms with Gasteiger partial charge >= 0.3 is 0 Å². The summed E-state index contributed by atoms with van der Waals surface area (Å²) in [4.78, 5) is 19.2. The Bertz CT molecular complexity index is 1130. The molecule has 3 heterocycles. The number of rotatable bonds is 6. The summed E-state index contributed by atoms with van der Waals surface area (Å²) in [6, 6.07) is 13.6. The zero-order valence-electron chi connectivity index (χ0n) is 18.3. The number of carbonyl (C=O) groups excluding carboxylic acids is 1. The first-order valence-electron chi connectivity index (χ1n) is 10.5. The zero-order chi connectivity index (χ0) is 22.8. The van der Waals surface area contributed by atoms with E-state index in [-0.39, 0.29) is 30.2 Å². The number of halogens is 1. The summed E-state index contributed by atoms with van der Waals surface area (Å²) in [6.07, 6.45) is 2.02. The fourth-order valence-electron chi connectivity index (χ4n) is 4.15. The molecule has 0 bridgehead atoms. The van der Waals surface area contributed by atoms with Crippen molar-refractivity contribution in [1.29, 1.82) is 0 Å². The Labute approximate surface area is 192 Å².